The number of hydrogen-bond acceptors (Lipinski definition) is 7. The Kier molecular flexibility index (Phi) is 7.39. The lowest BCUT2D eigenvalue weighted by Crippen LogP contribution is -2.34. The predicted molar refractivity (Wildman–Crippen MR) is 146 cm³/mol. The Labute approximate surface area is 220 Å². The number of aromatic nitrogens is 4. The van der Waals surface area contributed by atoms with Crippen LogP contribution in [0.4, 0.5) is 11.5 Å². The predicted octanol–water partition coefficient (Wildman–Crippen LogP) is 4.43. The molecule has 0 saturated carbocycles. The van der Waals surface area contributed by atoms with Gasteiger partial charge >= 0.3 is 0 Å². The lowest BCUT2D eigenvalue weighted by Gasteiger charge is -2.23. The quantitative estimate of drug-likeness (QED) is 0.205. The van der Waals surface area contributed by atoms with Crippen molar-refractivity contribution in [2.24, 2.45) is 0 Å². The number of hydrogen-bond donors (Lipinski definition) is 0. The zero-order valence-electron chi connectivity index (χ0n) is 21.2. The van der Waals surface area contributed by atoms with E-state index < -0.39 is 4.92 Å². The summed E-state index contributed by atoms with van der Waals surface area (Å²) in [5, 5.41) is 16.4. The van der Waals surface area contributed by atoms with Gasteiger partial charge in [0.2, 0.25) is 5.91 Å². The number of aryl methyl sites for hydroxylation is 1. The number of fused-ring (bicyclic) bond motifs is 1. The number of carbonyl (C=O) groups excluding carboxylic acids is 1. The van der Waals surface area contributed by atoms with Crippen LogP contribution in [0.2, 0.25) is 0 Å². The second-order valence-electron chi connectivity index (χ2n) is 9.19. The van der Waals surface area contributed by atoms with Crippen LogP contribution < -0.4 is 4.90 Å². The summed E-state index contributed by atoms with van der Waals surface area (Å²) in [6.45, 7) is 4.72. The molecule has 10 heteroatoms. The highest BCUT2D eigenvalue weighted by Crippen LogP contribution is 2.27. The van der Waals surface area contributed by atoms with Crippen LogP contribution in [0.25, 0.3) is 22.8 Å². The number of rotatable bonds is 7. The standard InChI is InChI=1S/C28H29N7O3/c1-2-7-25-30-27(24-20-29-34(28(24)31-25)22-8-4-3-5-9-22)33-17-6-16-32(18-19-33)26(36)15-12-21-10-13-23(14-11-21)35(37)38/h3-5,8-15,20H,2,6-7,16-19H2,1H3/b15-12+. The Balaban J connectivity index is 1.34. The van der Waals surface area contributed by atoms with Gasteiger partial charge in [0.05, 0.1) is 22.2 Å². The van der Waals surface area contributed by atoms with Gasteiger partial charge in [-0.3, -0.25) is 14.9 Å². The molecule has 5 rings (SSSR count). The smallest absolute Gasteiger partial charge is 0.269 e. The van der Waals surface area contributed by atoms with Gasteiger partial charge in [-0.05, 0) is 48.7 Å². The molecule has 10 nitrogen and oxygen atoms in total. The highest BCUT2D eigenvalue weighted by molar-refractivity contribution is 5.92. The number of nitrogens with zero attached hydrogens (tertiary/aromatic N) is 7. The normalized spacial score (nSPS) is 14.2. The minimum absolute atomic E-state index is 0.0244. The fourth-order valence-corrected chi connectivity index (χ4v) is 4.60. The molecular weight excluding hydrogens is 482 g/mol. The van der Waals surface area contributed by atoms with Crippen molar-refractivity contribution >= 4 is 34.5 Å². The maximum absolute atomic E-state index is 12.9. The van der Waals surface area contributed by atoms with Crippen molar-refractivity contribution in [3.8, 4) is 5.69 Å². The summed E-state index contributed by atoms with van der Waals surface area (Å²) < 4.78 is 1.86. The van der Waals surface area contributed by atoms with Crippen LogP contribution >= 0.6 is 0 Å². The van der Waals surface area contributed by atoms with E-state index in [0.29, 0.717) is 19.6 Å². The lowest BCUT2D eigenvalue weighted by atomic mass is 10.2. The second kappa shape index (κ2) is 11.2. The summed E-state index contributed by atoms with van der Waals surface area (Å²) in [4.78, 5) is 37.2. The molecule has 1 aliphatic heterocycles. The highest BCUT2D eigenvalue weighted by Gasteiger charge is 2.23. The van der Waals surface area contributed by atoms with E-state index in [0.717, 1.165) is 59.7 Å². The molecule has 0 unspecified atom stereocenters. The third-order valence-corrected chi connectivity index (χ3v) is 6.56. The van der Waals surface area contributed by atoms with Gasteiger partial charge in [-0.15, -0.1) is 0 Å². The minimum atomic E-state index is -0.440. The van der Waals surface area contributed by atoms with Gasteiger partial charge < -0.3 is 9.80 Å². The fourth-order valence-electron chi connectivity index (χ4n) is 4.60. The van der Waals surface area contributed by atoms with E-state index in [1.54, 1.807) is 18.2 Å². The molecule has 2 aromatic heterocycles. The molecule has 0 aliphatic carbocycles. The number of nitro groups is 1. The summed E-state index contributed by atoms with van der Waals surface area (Å²) in [7, 11) is 0. The Hall–Kier alpha value is -4.60. The van der Waals surface area contributed by atoms with E-state index in [2.05, 4.69) is 16.9 Å². The van der Waals surface area contributed by atoms with Crippen LogP contribution in [0, 0.1) is 10.1 Å². The van der Waals surface area contributed by atoms with Gasteiger partial charge in [0.1, 0.15) is 11.6 Å². The molecule has 2 aromatic carbocycles. The zero-order valence-corrected chi connectivity index (χ0v) is 21.2. The topological polar surface area (TPSA) is 110 Å². The molecule has 0 atom stereocenters. The lowest BCUT2D eigenvalue weighted by molar-refractivity contribution is -0.384. The van der Waals surface area contributed by atoms with Gasteiger partial charge in [-0.1, -0.05) is 25.1 Å². The SMILES string of the molecule is CCCc1nc(N2CCCN(C(=O)/C=C/c3ccc([N+](=O)[O-])cc3)CC2)c2cnn(-c3ccccc3)c2n1. The maximum Gasteiger partial charge on any atom is 0.269 e. The highest BCUT2D eigenvalue weighted by atomic mass is 16.6. The van der Waals surface area contributed by atoms with Gasteiger partial charge in [0.15, 0.2) is 5.65 Å². The van der Waals surface area contributed by atoms with E-state index in [1.165, 1.54) is 18.2 Å². The molecule has 1 fully saturated rings. The Morgan fingerprint density at radius 3 is 2.55 bits per heavy atom. The molecule has 0 bridgehead atoms. The summed E-state index contributed by atoms with van der Waals surface area (Å²) in [6, 6.07) is 16.1. The van der Waals surface area contributed by atoms with Crippen LogP contribution in [-0.4, -0.2) is 61.7 Å². The number of para-hydroxylation sites is 1. The zero-order chi connectivity index (χ0) is 26.5. The second-order valence-corrected chi connectivity index (χ2v) is 9.19. The van der Waals surface area contributed by atoms with Crippen molar-refractivity contribution < 1.29 is 9.72 Å². The molecule has 0 spiro atoms. The van der Waals surface area contributed by atoms with Crippen LogP contribution in [0.15, 0.2) is 66.9 Å². The minimum Gasteiger partial charge on any atom is -0.354 e. The van der Waals surface area contributed by atoms with Crippen molar-refractivity contribution in [3.05, 3.63) is 88.4 Å². The van der Waals surface area contributed by atoms with Crippen molar-refractivity contribution in [1.82, 2.24) is 24.6 Å². The van der Waals surface area contributed by atoms with E-state index in [9.17, 15) is 14.9 Å². The van der Waals surface area contributed by atoms with Crippen molar-refractivity contribution in [3.63, 3.8) is 0 Å². The van der Waals surface area contributed by atoms with Crippen LogP contribution in [0.1, 0.15) is 31.2 Å². The van der Waals surface area contributed by atoms with Gasteiger partial charge in [-0.25, -0.2) is 14.6 Å². The molecule has 1 aliphatic rings. The Bertz CT molecular complexity index is 1470. The van der Waals surface area contributed by atoms with Gasteiger partial charge in [-0.2, -0.15) is 5.10 Å². The molecular formula is C28H29N7O3. The number of carbonyl (C=O) groups is 1. The first-order valence-corrected chi connectivity index (χ1v) is 12.8. The summed E-state index contributed by atoms with van der Waals surface area (Å²) in [5.74, 6) is 1.56. The Morgan fingerprint density at radius 1 is 1.03 bits per heavy atom. The molecule has 1 saturated heterocycles. The molecule has 1 amide bonds. The molecule has 0 N–H and O–H groups in total. The van der Waals surface area contributed by atoms with Crippen molar-refractivity contribution in [1.29, 1.82) is 0 Å². The third-order valence-electron chi connectivity index (χ3n) is 6.56. The van der Waals surface area contributed by atoms with E-state index in [1.807, 2.05) is 46.1 Å². The number of anilines is 1. The average molecular weight is 512 g/mol. The first kappa shape index (κ1) is 25.1. The maximum atomic E-state index is 12.9. The number of benzene rings is 2. The van der Waals surface area contributed by atoms with E-state index in [-0.39, 0.29) is 11.6 Å². The van der Waals surface area contributed by atoms with Gasteiger partial charge in [0, 0.05) is 50.8 Å². The Morgan fingerprint density at radius 2 is 1.82 bits per heavy atom. The first-order valence-electron chi connectivity index (χ1n) is 12.8. The summed E-state index contributed by atoms with van der Waals surface area (Å²) in [6.07, 6.45) is 7.57. The van der Waals surface area contributed by atoms with Crippen LogP contribution in [0.5, 0.6) is 0 Å². The fraction of sp³-hybridized carbons (Fsp3) is 0.286. The first-order chi connectivity index (χ1) is 18.5. The van der Waals surface area contributed by atoms with Crippen molar-refractivity contribution in [2.45, 2.75) is 26.2 Å². The summed E-state index contributed by atoms with van der Waals surface area (Å²) in [5.41, 5.74) is 2.49. The van der Waals surface area contributed by atoms with E-state index >= 15 is 0 Å². The number of non-ortho nitro benzene ring substituents is 1. The average Bonchev–Trinajstić information content (AvgIpc) is 3.21. The van der Waals surface area contributed by atoms with Crippen molar-refractivity contribution in [2.75, 3.05) is 31.1 Å². The molecule has 194 valence electrons. The largest absolute Gasteiger partial charge is 0.354 e. The number of amides is 1. The van der Waals surface area contributed by atoms with E-state index in [4.69, 9.17) is 9.97 Å². The monoisotopic (exact) mass is 511 g/mol. The molecule has 0 radical (unpaired) electrons. The molecule has 4 aromatic rings. The number of nitro benzene ring substituents is 1. The summed E-state index contributed by atoms with van der Waals surface area (Å²) >= 11 is 0. The molecule has 3 heterocycles. The third kappa shape index (κ3) is 5.39. The van der Waals surface area contributed by atoms with Gasteiger partial charge in [0.25, 0.3) is 5.69 Å². The van der Waals surface area contributed by atoms with Crippen LogP contribution in [-0.2, 0) is 11.2 Å². The molecule has 38 heavy (non-hydrogen) atoms. The van der Waals surface area contributed by atoms with Crippen LogP contribution in [0.3, 0.4) is 0 Å².